The quantitative estimate of drug-likeness (QED) is 0.856. The number of rotatable bonds is 4. The maximum atomic E-state index is 12.2. The Bertz CT molecular complexity index is 656. The highest BCUT2D eigenvalue weighted by Crippen LogP contribution is 2.25. The fraction of sp³-hybridized carbons (Fsp3) is 0.375. The van der Waals surface area contributed by atoms with Crippen LogP contribution in [-0.2, 0) is 11.2 Å². The highest BCUT2D eigenvalue weighted by molar-refractivity contribution is 7.15. The van der Waals surface area contributed by atoms with E-state index in [0.29, 0.717) is 5.13 Å². The molecule has 2 N–H and O–H groups in total. The summed E-state index contributed by atoms with van der Waals surface area (Å²) in [6.07, 6.45) is 5.67. The Kier molecular flexibility index (Phi) is 6.84. The number of carbonyl (C=O) groups excluding carboxylic acids is 1. The minimum atomic E-state index is -0.0929. The molecule has 1 atom stereocenters. The second-order valence-electron chi connectivity index (χ2n) is 5.39. The van der Waals surface area contributed by atoms with Crippen molar-refractivity contribution in [1.29, 1.82) is 0 Å². The predicted molar refractivity (Wildman–Crippen MR) is 97.9 cm³/mol. The van der Waals surface area contributed by atoms with E-state index in [9.17, 15) is 4.79 Å². The van der Waals surface area contributed by atoms with Gasteiger partial charge in [-0.25, -0.2) is 4.98 Å². The van der Waals surface area contributed by atoms with Crippen LogP contribution in [0, 0.1) is 0 Å². The lowest BCUT2D eigenvalue weighted by Crippen LogP contribution is -2.43. The largest absolute Gasteiger partial charge is 0.306 e. The molecular weight excluding hydrogens is 353 g/mol. The molecule has 1 unspecified atom stereocenters. The number of hydrogen-bond acceptors (Lipinski definition) is 4. The van der Waals surface area contributed by atoms with Crippen LogP contribution in [0.4, 0.5) is 5.13 Å². The van der Waals surface area contributed by atoms with Gasteiger partial charge in [0.05, 0.1) is 6.04 Å². The number of amides is 1. The van der Waals surface area contributed by atoms with Gasteiger partial charge in [0.15, 0.2) is 5.13 Å². The normalized spacial score (nSPS) is 17.3. The highest BCUT2D eigenvalue weighted by atomic mass is 35.5. The van der Waals surface area contributed by atoms with Crippen molar-refractivity contribution < 1.29 is 4.79 Å². The predicted octanol–water partition coefficient (Wildman–Crippen LogP) is 3.89. The molecule has 0 aliphatic carbocycles. The Balaban J connectivity index is 0.00000192. The van der Waals surface area contributed by atoms with Gasteiger partial charge in [0.1, 0.15) is 0 Å². The van der Waals surface area contributed by atoms with Crippen LogP contribution in [0.2, 0.25) is 5.02 Å². The molecule has 23 heavy (non-hydrogen) atoms. The molecule has 1 saturated heterocycles. The first-order valence-electron chi connectivity index (χ1n) is 7.45. The van der Waals surface area contributed by atoms with Crippen LogP contribution in [0.15, 0.2) is 30.5 Å². The summed E-state index contributed by atoms with van der Waals surface area (Å²) in [6, 6.07) is 7.69. The second kappa shape index (κ2) is 8.64. The van der Waals surface area contributed by atoms with Gasteiger partial charge in [-0.1, -0.05) is 36.2 Å². The standard InChI is InChI=1S/C16H18ClN3OS.ClH/c17-13-6-2-1-5-11(13)9-12-10-19-16(22-12)20-15(21)14-7-3-4-8-18-14;/h1-2,5-6,10,14,18H,3-4,7-9H2,(H,19,20,21);1H. The minimum Gasteiger partial charge on any atom is -0.306 e. The van der Waals surface area contributed by atoms with Crippen molar-refractivity contribution in [3.63, 3.8) is 0 Å². The molecule has 1 aromatic carbocycles. The molecular formula is C16H19Cl2N3OS. The van der Waals surface area contributed by atoms with E-state index in [1.807, 2.05) is 24.3 Å². The third-order valence-electron chi connectivity index (χ3n) is 3.73. The average molecular weight is 372 g/mol. The van der Waals surface area contributed by atoms with E-state index in [4.69, 9.17) is 11.6 Å². The molecule has 0 saturated carbocycles. The van der Waals surface area contributed by atoms with E-state index in [1.165, 1.54) is 11.3 Å². The molecule has 2 aromatic rings. The number of carbonyl (C=O) groups is 1. The first kappa shape index (κ1) is 18.2. The molecule has 1 amide bonds. The van der Waals surface area contributed by atoms with Gasteiger partial charge < -0.3 is 10.6 Å². The highest BCUT2D eigenvalue weighted by Gasteiger charge is 2.21. The first-order chi connectivity index (χ1) is 10.7. The molecule has 1 aliphatic heterocycles. The first-order valence-corrected chi connectivity index (χ1v) is 8.64. The van der Waals surface area contributed by atoms with Gasteiger partial charge in [-0.05, 0) is 31.0 Å². The summed E-state index contributed by atoms with van der Waals surface area (Å²) in [5, 5.41) is 7.56. The molecule has 0 spiro atoms. The molecule has 124 valence electrons. The van der Waals surface area contributed by atoms with Gasteiger partial charge in [-0.3, -0.25) is 4.79 Å². The Morgan fingerprint density at radius 2 is 2.22 bits per heavy atom. The molecule has 2 heterocycles. The van der Waals surface area contributed by atoms with Gasteiger partial charge in [-0.2, -0.15) is 0 Å². The van der Waals surface area contributed by atoms with Crippen molar-refractivity contribution >= 4 is 46.4 Å². The van der Waals surface area contributed by atoms with Crippen LogP contribution in [0.1, 0.15) is 29.7 Å². The topological polar surface area (TPSA) is 54.0 Å². The number of halogens is 2. The zero-order valence-corrected chi connectivity index (χ0v) is 14.9. The summed E-state index contributed by atoms with van der Waals surface area (Å²) >= 11 is 7.67. The van der Waals surface area contributed by atoms with Gasteiger partial charge in [-0.15, -0.1) is 23.7 Å². The molecule has 1 aliphatic rings. The molecule has 1 fully saturated rings. The summed E-state index contributed by atoms with van der Waals surface area (Å²) in [4.78, 5) is 17.5. The van der Waals surface area contributed by atoms with Crippen molar-refractivity contribution in [1.82, 2.24) is 10.3 Å². The maximum Gasteiger partial charge on any atom is 0.243 e. The lowest BCUT2D eigenvalue weighted by molar-refractivity contribution is -0.118. The third kappa shape index (κ3) is 4.91. The molecule has 7 heteroatoms. The van der Waals surface area contributed by atoms with E-state index in [-0.39, 0.29) is 24.4 Å². The summed E-state index contributed by atoms with van der Waals surface area (Å²) in [6.45, 7) is 0.910. The van der Waals surface area contributed by atoms with E-state index in [1.54, 1.807) is 6.20 Å². The fourth-order valence-corrected chi connectivity index (χ4v) is 3.59. The third-order valence-corrected chi connectivity index (χ3v) is 5.01. The zero-order valence-electron chi connectivity index (χ0n) is 12.5. The van der Waals surface area contributed by atoms with Crippen LogP contribution >= 0.6 is 35.3 Å². The molecule has 3 rings (SSSR count). The van der Waals surface area contributed by atoms with Crippen molar-refractivity contribution in [3.8, 4) is 0 Å². The van der Waals surface area contributed by atoms with Crippen molar-refractivity contribution in [2.24, 2.45) is 0 Å². The maximum absolute atomic E-state index is 12.2. The van der Waals surface area contributed by atoms with E-state index in [2.05, 4.69) is 15.6 Å². The SMILES string of the molecule is Cl.O=C(Nc1ncc(Cc2ccccc2Cl)s1)C1CCCCN1. The van der Waals surface area contributed by atoms with Crippen LogP contribution in [0.25, 0.3) is 0 Å². The van der Waals surface area contributed by atoms with E-state index in [0.717, 1.165) is 47.7 Å². The number of thiazole rings is 1. The zero-order chi connectivity index (χ0) is 15.4. The summed E-state index contributed by atoms with van der Waals surface area (Å²) in [5.74, 6) is 0.0124. The molecule has 1 aromatic heterocycles. The Morgan fingerprint density at radius 3 is 2.96 bits per heavy atom. The van der Waals surface area contributed by atoms with Crippen molar-refractivity contribution in [2.75, 3.05) is 11.9 Å². The number of nitrogens with one attached hydrogen (secondary N) is 2. The number of nitrogens with zero attached hydrogens (tertiary/aromatic N) is 1. The summed E-state index contributed by atoms with van der Waals surface area (Å²) < 4.78 is 0. The molecule has 0 radical (unpaired) electrons. The second-order valence-corrected chi connectivity index (χ2v) is 6.91. The Hall–Kier alpha value is -1.14. The number of anilines is 1. The van der Waals surface area contributed by atoms with Gasteiger partial charge in [0, 0.05) is 22.5 Å². The minimum absolute atomic E-state index is 0. The molecule has 4 nitrogen and oxygen atoms in total. The van der Waals surface area contributed by atoms with Gasteiger partial charge in [0.25, 0.3) is 0 Å². The summed E-state index contributed by atoms with van der Waals surface area (Å²) in [5.41, 5.74) is 1.07. The van der Waals surface area contributed by atoms with Crippen LogP contribution in [0.3, 0.4) is 0 Å². The van der Waals surface area contributed by atoms with Crippen LogP contribution in [-0.4, -0.2) is 23.5 Å². The monoisotopic (exact) mass is 371 g/mol. The van der Waals surface area contributed by atoms with E-state index < -0.39 is 0 Å². The number of piperidine rings is 1. The smallest absolute Gasteiger partial charge is 0.243 e. The number of hydrogen-bond donors (Lipinski definition) is 2. The summed E-state index contributed by atoms with van der Waals surface area (Å²) in [7, 11) is 0. The van der Waals surface area contributed by atoms with Gasteiger partial charge >= 0.3 is 0 Å². The number of aromatic nitrogens is 1. The van der Waals surface area contributed by atoms with Crippen LogP contribution in [0.5, 0.6) is 0 Å². The Morgan fingerprint density at radius 1 is 1.39 bits per heavy atom. The average Bonchev–Trinajstić information content (AvgIpc) is 2.97. The number of benzene rings is 1. The van der Waals surface area contributed by atoms with E-state index >= 15 is 0 Å². The van der Waals surface area contributed by atoms with Crippen molar-refractivity contribution in [3.05, 3.63) is 45.9 Å². The molecule has 0 bridgehead atoms. The fourth-order valence-electron chi connectivity index (χ4n) is 2.54. The lowest BCUT2D eigenvalue weighted by atomic mass is 10.0. The van der Waals surface area contributed by atoms with Crippen LogP contribution < -0.4 is 10.6 Å². The van der Waals surface area contributed by atoms with Crippen molar-refractivity contribution in [2.45, 2.75) is 31.7 Å². The lowest BCUT2D eigenvalue weighted by Gasteiger charge is -2.21. The van der Waals surface area contributed by atoms with Gasteiger partial charge in [0.2, 0.25) is 5.91 Å². The Labute approximate surface area is 151 Å².